The first kappa shape index (κ1) is 10.8. The van der Waals surface area contributed by atoms with Crippen molar-refractivity contribution in [1.29, 1.82) is 0 Å². The van der Waals surface area contributed by atoms with E-state index < -0.39 is 0 Å². The number of nitrogens with one attached hydrogen (secondary N) is 1. The summed E-state index contributed by atoms with van der Waals surface area (Å²) in [7, 11) is 0. The maximum atomic E-state index is 3.52. The predicted octanol–water partition coefficient (Wildman–Crippen LogP) is 1.56. The molecule has 2 nitrogen and oxygen atoms in total. The molecule has 82 valence electrons. The summed E-state index contributed by atoms with van der Waals surface area (Å²) in [6.07, 6.45) is 2.83. The molecule has 3 heteroatoms. The van der Waals surface area contributed by atoms with E-state index in [1.54, 1.807) is 0 Å². The number of thioether (sulfide) groups is 1. The van der Waals surface area contributed by atoms with Gasteiger partial charge >= 0.3 is 0 Å². The zero-order valence-electron chi connectivity index (χ0n) is 9.33. The van der Waals surface area contributed by atoms with Crippen molar-refractivity contribution in [2.45, 2.75) is 44.0 Å². The Morgan fingerprint density at radius 2 is 2.21 bits per heavy atom. The van der Waals surface area contributed by atoms with Crippen molar-refractivity contribution >= 4 is 11.8 Å². The molecule has 0 saturated carbocycles. The third kappa shape index (κ3) is 2.44. The van der Waals surface area contributed by atoms with E-state index >= 15 is 0 Å². The first-order valence-electron chi connectivity index (χ1n) is 5.86. The zero-order valence-corrected chi connectivity index (χ0v) is 10.1. The van der Waals surface area contributed by atoms with E-state index in [1.165, 1.54) is 38.2 Å². The molecule has 14 heavy (non-hydrogen) atoms. The van der Waals surface area contributed by atoms with Crippen molar-refractivity contribution < 1.29 is 0 Å². The summed E-state index contributed by atoms with van der Waals surface area (Å²) in [4.78, 5) is 2.71. The molecular formula is C11H22N2S. The van der Waals surface area contributed by atoms with E-state index in [4.69, 9.17) is 0 Å². The summed E-state index contributed by atoms with van der Waals surface area (Å²) < 4.78 is 0. The van der Waals surface area contributed by atoms with E-state index in [2.05, 4.69) is 35.8 Å². The fraction of sp³-hybridized carbons (Fsp3) is 1.00. The third-order valence-electron chi connectivity index (χ3n) is 3.44. The molecule has 0 aliphatic carbocycles. The summed E-state index contributed by atoms with van der Waals surface area (Å²) in [6.45, 7) is 8.37. The standard InChI is InChI=1S/C11H22N2S/c1-9-8-13(6-5-12-9)11-4-3-7-14-10(11)2/h9-12H,3-8H2,1-2H3. The van der Waals surface area contributed by atoms with Crippen molar-refractivity contribution in [1.82, 2.24) is 10.2 Å². The quantitative estimate of drug-likeness (QED) is 0.713. The Morgan fingerprint density at radius 3 is 2.93 bits per heavy atom. The molecule has 2 aliphatic heterocycles. The highest BCUT2D eigenvalue weighted by molar-refractivity contribution is 7.99. The molecule has 0 aromatic heterocycles. The van der Waals surface area contributed by atoms with Gasteiger partial charge in [0.05, 0.1) is 0 Å². The van der Waals surface area contributed by atoms with Gasteiger partial charge in [0.2, 0.25) is 0 Å². The smallest absolute Gasteiger partial charge is 0.0213 e. The van der Waals surface area contributed by atoms with Gasteiger partial charge in [0, 0.05) is 37.0 Å². The van der Waals surface area contributed by atoms with Gasteiger partial charge in [0.25, 0.3) is 0 Å². The molecule has 3 atom stereocenters. The monoisotopic (exact) mass is 214 g/mol. The average Bonchev–Trinajstić information content (AvgIpc) is 2.18. The fourth-order valence-corrected chi connectivity index (χ4v) is 3.89. The second-order valence-electron chi connectivity index (χ2n) is 4.64. The van der Waals surface area contributed by atoms with E-state index in [0.717, 1.165) is 11.3 Å². The first-order chi connectivity index (χ1) is 6.77. The van der Waals surface area contributed by atoms with Gasteiger partial charge in [-0.2, -0.15) is 11.8 Å². The highest BCUT2D eigenvalue weighted by atomic mass is 32.2. The van der Waals surface area contributed by atoms with Crippen LogP contribution in [0.1, 0.15) is 26.7 Å². The molecular weight excluding hydrogens is 192 g/mol. The van der Waals surface area contributed by atoms with Crippen LogP contribution in [-0.4, -0.2) is 47.6 Å². The van der Waals surface area contributed by atoms with Gasteiger partial charge in [-0.3, -0.25) is 4.90 Å². The minimum absolute atomic E-state index is 0.683. The Hall–Kier alpha value is 0.270. The topological polar surface area (TPSA) is 15.3 Å². The van der Waals surface area contributed by atoms with E-state index in [-0.39, 0.29) is 0 Å². The zero-order chi connectivity index (χ0) is 9.97. The molecule has 3 unspecified atom stereocenters. The molecule has 0 aromatic rings. The average molecular weight is 214 g/mol. The Labute approximate surface area is 91.8 Å². The molecule has 2 saturated heterocycles. The van der Waals surface area contributed by atoms with Crippen LogP contribution >= 0.6 is 11.8 Å². The normalized spacial score (nSPS) is 41.1. The Bertz CT molecular complexity index is 186. The minimum atomic E-state index is 0.683. The van der Waals surface area contributed by atoms with Gasteiger partial charge in [-0.25, -0.2) is 0 Å². The summed E-state index contributed by atoms with van der Waals surface area (Å²) in [5.41, 5.74) is 0. The second-order valence-corrected chi connectivity index (χ2v) is 6.12. The highest BCUT2D eigenvalue weighted by Crippen LogP contribution is 2.29. The molecule has 2 aliphatic rings. The molecule has 2 fully saturated rings. The summed E-state index contributed by atoms with van der Waals surface area (Å²) in [5.74, 6) is 1.37. The van der Waals surface area contributed by atoms with Crippen LogP contribution in [0.15, 0.2) is 0 Å². The number of hydrogen-bond acceptors (Lipinski definition) is 3. The lowest BCUT2D eigenvalue weighted by Crippen LogP contribution is -2.55. The fourth-order valence-electron chi connectivity index (χ4n) is 2.65. The van der Waals surface area contributed by atoms with Gasteiger partial charge in [0.1, 0.15) is 0 Å². The first-order valence-corrected chi connectivity index (χ1v) is 6.91. The van der Waals surface area contributed by atoms with Crippen molar-refractivity contribution in [2.24, 2.45) is 0 Å². The molecule has 0 bridgehead atoms. The second kappa shape index (κ2) is 4.86. The highest BCUT2D eigenvalue weighted by Gasteiger charge is 2.29. The lowest BCUT2D eigenvalue weighted by atomic mass is 10.0. The summed E-state index contributed by atoms with van der Waals surface area (Å²) >= 11 is 2.16. The molecule has 0 spiro atoms. The number of piperazine rings is 1. The van der Waals surface area contributed by atoms with Crippen molar-refractivity contribution in [3.05, 3.63) is 0 Å². The van der Waals surface area contributed by atoms with Crippen LogP contribution in [0, 0.1) is 0 Å². The minimum Gasteiger partial charge on any atom is -0.312 e. The third-order valence-corrected chi connectivity index (χ3v) is 4.80. The van der Waals surface area contributed by atoms with E-state index in [1.807, 2.05) is 0 Å². The molecule has 2 heterocycles. The van der Waals surface area contributed by atoms with Crippen LogP contribution in [-0.2, 0) is 0 Å². The van der Waals surface area contributed by atoms with Crippen LogP contribution in [0.3, 0.4) is 0 Å². The maximum absolute atomic E-state index is 3.52. The Balaban J connectivity index is 1.91. The van der Waals surface area contributed by atoms with Crippen LogP contribution in [0.25, 0.3) is 0 Å². The van der Waals surface area contributed by atoms with Gasteiger partial charge in [-0.15, -0.1) is 0 Å². The molecule has 0 amide bonds. The molecule has 0 radical (unpaired) electrons. The number of hydrogen-bond donors (Lipinski definition) is 1. The lowest BCUT2D eigenvalue weighted by molar-refractivity contribution is 0.138. The number of rotatable bonds is 1. The molecule has 2 rings (SSSR count). The number of nitrogens with zero attached hydrogens (tertiary/aromatic N) is 1. The van der Waals surface area contributed by atoms with E-state index in [9.17, 15) is 0 Å². The lowest BCUT2D eigenvalue weighted by Gasteiger charge is -2.42. The van der Waals surface area contributed by atoms with E-state index in [0.29, 0.717) is 6.04 Å². The van der Waals surface area contributed by atoms with Crippen molar-refractivity contribution in [2.75, 3.05) is 25.4 Å². The largest absolute Gasteiger partial charge is 0.312 e. The summed E-state index contributed by atoms with van der Waals surface area (Å²) in [6, 6.07) is 1.53. The Morgan fingerprint density at radius 1 is 1.36 bits per heavy atom. The molecule has 0 aromatic carbocycles. The van der Waals surface area contributed by atoms with Gasteiger partial charge in [0.15, 0.2) is 0 Å². The van der Waals surface area contributed by atoms with Crippen LogP contribution < -0.4 is 5.32 Å². The van der Waals surface area contributed by atoms with Gasteiger partial charge in [-0.05, 0) is 25.5 Å². The maximum Gasteiger partial charge on any atom is 0.0213 e. The SMILES string of the molecule is CC1CN(C2CCCSC2C)CCN1. The van der Waals surface area contributed by atoms with Crippen molar-refractivity contribution in [3.8, 4) is 0 Å². The Kier molecular flexibility index (Phi) is 3.74. The van der Waals surface area contributed by atoms with Crippen molar-refractivity contribution in [3.63, 3.8) is 0 Å². The van der Waals surface area contributed by atoms with Gasteiger partial charge in [-0.1, -0.05) is 6.92 Å². The van der Waals surface area contributed by atoms with Crippen LogP contribution in [0.5, 0.6) is 0 Å². The van der Waals surface area contributed by atoms with Gasteiger partial charge < -0.3 is 5.32 Å². The predicted molar refractivity (Wildman–Crippen MR) is 64.0 cm³/mol. The van der Waals surface area contributed by atoms with Crippen LogP contribution in [0.4, 0.5) is 0 Å². The van der Waals surface area contributed by atoms with Crippen LogP contribution in [0.2, 0.25) is 0 Å². The molecule has 1 N–H and O–H groups in total. The summed E-state index contributed by atoms with van der Waals surface area (Å²) in [5, 5.41) is 4.36.